The molecule has 1 aromatic rings. The molecule has 0 aromatic carbocycles. The Bertz CT molecular complexity index is 595. The quantitative estimate of drug-likeness (QED) is 0.862. The normalized spacial score (nSPS) is 11.2. The van der Waals surface area contributed by atoms with E-state index in [1.54, 1.807) is 20.9 Å². The number of carbonyl (C=O) groups excluding carboxylic acids is 1. The van der Waals surface area contributed by atoms with Crippen LogP contribution in [0.25, 0.3) is 0 Å². The van der Waals surface area contributed by atoms with Gasteiger partial charge >= 0.3 is 5.97 Å². The first-order chi connectivity index (χ1) is 9.63. The highest BCUT2D eigenvalue weighted by Crippen LogP contribution is 2.21. The molecule has 1 amide bonds. The van der Waals surface area contributed by atoms with E-state index in [1.165, 1.54) is 27.8 Å². The number of hydrogen-bond acceptors (Lipinski definition) is 3. The second kappa shape index (κ2) is 6.76. The van der Waals surface area contributed by atoms with Crippen molar-refractivity contribution in [2.75, 3.05) is 13.6 Å². The highest BCUT2D eigenvalue weighted by Gasteiger charge is 2.31. The summed E-state index contributed by atoms with van der Waals surface area (Å²) in [6.45, 7) is 3.71. The van der Waals surface area contributed by atoms with E-state index in [1.807, 2.05) is 0 Å². The highest BCUT2D eigenvalue weighted by atomic mass is 35.5. The molecule has 0 radical (unpaired) electrons. The first-order valence-corrected chi connectivity index (χ1v) is 6.84. The molecule has 1 N–H and O–H groups in total. The number of carboxylic acids is 1. The van der Waals surface area contributed by atoms with Gasteiger partial charge in [-0.15, -0.1) is 0 Å². The fourth-order valence-electron chi connectivity index (χ4n) is 2.00. The molecule has 0 aliphatic carbocycles. The minimum atomic E-state index is -0.960. The van der Waals surface area contributed by atoms with Crippen LogP contribution in [0.5, 0.6) is 0 Å². The molecule has 0 fully saturated rings. The Kier molecular flexibility index (Phi) is 5.54. The van der Waals surface area contributed by atoms with E-state index in [9.17, 15) is 14.4 Å². The van der Waals surface area contributed by atoms with Crippen molar-refractivity contribution in [1.82, 2.24) is 9.47 Å². The van der Waals surface area contributed by atoms with Crippen molar-refractivity contribution in [1.29, 1.82) is 0 Å². The van der Waals surface area contributed by atoms with Crippen LogP contribution in [0.15, 0.2) is 23.1 Å². The summed E-state index contributed by atoms with van der Waals surface area (Å²) >= 11 is 5.85. The Morgan fingerprint density at radius 2 is 2.00 bits per heavy atom. The fraction of sp³-hybridized carbons (Fsp3) is 0.500. The molecule has 1 rings (SSSR count). The number of aliphatic carboxylic acids is 1. The van der Waals surface area contributed by atoms with Gasteiger partial charge in [-0.3, -0.25) is 14.4 Å². The maximum atomic E-state index is 12.4. The molecule has 7 heteroatoms. The number of carboxylic acid groups (broad SMARTS) is 1. The predicted molar refractivity (Wildman–Crippen MR) is 79.4 cm³/mol. The van der Waals surface area contributed by atoms with Crippen molar-refractivity contribution in [3.05, 3.63) is 33.7 Å². The fourth-order valence-corrected chi connectivity index (χ4v) is 2.18. The number of aromatic nitrogens is 1. The Morgan fingerprint density at radius 3 is 2.57 bits per heavy atom. The number of nitrogens with zero attached hydrogens (tertiary/aromatic N) is 2. The summed E-state index contributed by atoms with van der Waals surface area (Å²) in [6, 6.07) is 2.84. The topological polar surface area (TPSA) is 79.6 Å². The molecule has 0 saturated heterocycles. The number of amides is 1. The Hall–Kier alpha value is -1.82. The zero-order valence-electron chi connectivity index (χ0n) is 12.3. The lowest BCUT2D eigenvalue weighted by Gasteiger charge is -2.29. The summed E-state index contributed by atoms with van der Waals surface area (Å²) in [6.07, 6.45) is 1.37. The SMILES string of the molecule is CN(CCC(=O)O)C(=O)C(C)(C)Cn1cc(Cl)ccc1=O. The summed E-state index contributed by atoms with van der Waals surface area (Å²) < 4.78 is 1.38. The van der Waals surface area contributed by atoms with E-state index in [0.29, 0.717) is 5.02 Å². The van der Waals surface area contributed by atoms with Gasteiger partial charge in [-0.1, -0.05) is 11.6 Å². The first-order valence-electron chi connectivity index (χ1n) is 6.47. The monoisotopic (exact) mass is 314 g/mol. The van der Waals surface area contributed by atoms with Crippen molar-refractivity contribution >= 4 is 23.5 Å². The van der Waals surface area contributed by atoms with Gasteiger partial charge in [0.25, 0.3) is 5.56 Å². The maximum Gasteiger partial charge on any atom is 0.305 e. The Balaban J connectivity index is 2.84. The zero-order valence-corrected chi connectivity index (χ0v) is 13.1. The molecule has 0 saturated carbocycles. The van der Waals surface area contributed by atoms with Gasteiger partial charge in [0.1, 0.15) is 0 Å². The van der Waals surface area contributed by atoms with Gasteiger partial charge in [0.2, 0.25) is 5.91 Å². The van der Waals surface area contributed by atoms with Gasteiger partial charge in [0.05, 0.1) is 16.9 Å². The summed E-state index contributed by atoms with van der Waals surface area (Å²) in [5.41, 5.74) is -1.09. The number of halogens is 1. The average molecular weight is 315 g/mol. The van der Waals surface area contributed by atoms with Crippen LogP contribution in [0.2, 0.25) is 5.02 Å². The average Bonchev–Trinajstić information content (AvgIpc) is 2.39. The van der Waals surface area contributed by atoms with E-state index in [2.05, 4.69) is 0 Å². The van der Waals surface area contributed by atoms with Crippen molar-refractivity contribution in [3.8, 4) is 0 Å². The lowest BCUT2D eigenvalue weighted by Crippen LogP contribution is -2.43. The zero-order chi connectivity index (χ0) is 16.2. The maximum absolute atomic E-state index is 12.4. The number of rotatable bonds is 6. The third-order valence-corrected chi connectivity index (χ3v) is 3.32. The summed E-state index contributed by atoms with van der Waals surface area (Å²) in [5, 5.41) is 9.06. The Labute approximate surface area is 127 Å². The molecule has 0 bridgehead atoms. The molecule has 0 atom stereocenters. The molecule has 0 spiro atoms. The molecule has 0 aliphatic rings. The van der Waals surface area contributed by atoms with Crippen LogP contribution in [-0.4, -0.2) is 40.0 Å². The van der Waals surface area contributed by atoms with Crippen molar-refractivity contribution < 1.29 is 14.7 Å². The van der Waals surface area contributed by atoms with E-state index in [-0.39, 0.29) is 31.0 Å². The van der Waals surface area contributed by atoms with Crippen LogP contribution in [0, 0.1) is 5.41 Å². The predicted octanol–water partition coefficient (Wildman–Crippen LogP) is 1.46. The van der Waals surface area contributed by atoms with Crippen LogP contribution in [0.1, 0.15) is 20.3 Å². The lowest BCUT2D eigenvalue weighted by molar-refractivity contribution is -0.142. The largest absolute Gasteiger partial charge is 0.481 e. The molecule has 0 aliphatic heterocycles. The van der Waals surface area contributed by atoms with Crippen molar-refractivity contribution in [3.63, 3.8) is 0 Å². The van der Waals surface area contributed by atoms with Crippen LogP contribution in [0.3, 0.4) is 0 Å². The second-order valence-electron chi connectivity index (χ2n) is 5.57. The van der Waals surface area contributed by atoms with E-state index in [0.717, 1.165) is 0 Å². The molecule has 116 valence electrons. The lowest BCUT2D eigenvalue weighted by atomic mass is 9.91. The number of pyridine rings is 1. The minimum absolute atomic E-state index is 0.116. The van der Waals surface area contributed by atoms with Gasteiger partial charge in [-0.25, -0.2) is 0 Å². The van der Waals surface area contributed by atoms with Crippen molar-refractivity contribution in [2.45, 2.75) is 26.8 Å². The third kappa shape index (κ3) is 4.90. The molecule has 0 unspecified atom stereocenters. The summed E-state index contributed by atoms with van der Waals surface area (Å²) in [7, 11) is 1.55. The smallest absolute Gasteiger partial charge is 0.305 e. The van der Waals surface area contributed by atoms with Crippen LogP contribution in [-0.2, 0) is 16.1 Å². The van der Waals surface area contributed by atoms with Gasteiger partial charge in [-0.2, -0.15) is 0 Å². The molecular weight excluding hydrogens is 296 g/mol. The van der Waals surface area contributed by atoms with E-state index in [4.69, 9.17) is 16.7 Å². The van der Waals surface area contributed by atoms with Gasteiger partial charge in [0, 0.05) is 32.4 Å². The molecule has 21 heavy (non-hydrogen) atoms. The minimum Gasteiger partial charge on any atom is -0.481 e. The Morgan fingerprint density at radius 1 is 1.38 bits per heavy atom. The van der Waals surface area contributed by atoms with Gasteiger partial charge in [-0.05, 0) is 19.9 Å². The highest BCUT2D eigenvalue weighted by molar-refractivity contribution is 6.30. The first kappa shape index (κ1) is 17.2. The van der Waals surface area contributed by atoms with Gasteiger partial charge < -0.3 is 14.6 Å². The number of carbonyl (C=O) groups is 2. The molecule has 1 heterocycles. The van der Waals surface area contributed by atoms with Crippen molar-refractivity contribution in [2.24, 2.45) is 5.41 Å². The summed E-state index contributed by atoms with van der Waals surface area (Å²) in [5.74, 6) is -1.19. The van der Waals surface area contributed by atoms with Crippen LogP contribution >= 0.6 is 11.6 Å². The second-order valence-corrected chi connectivity index (χ2v) is 6.00. The molecule has 1 aromatic heterocycles. The van der Waals surface area contributed by atoms with E-state index < -0.39 is 11.4 Å². The third-order valence-electron chi connectivity index (χ3n) is 3.10. The standard InChI is InChI=1S/C14H19ClN2O4/c1-14(2,13(21)16(3)7-6-12(19)20)9-17-8-10(15)4-5-11(17)18/h4-5,8H,6-7,9H2,1-3H3,(H,19,20). The summed E-state index contributed by atoms with van der Waals surface area (Å²) in [4.78, 5) is 36.0. The molecular formula is C14H19ClN2O4. The number of hydrogen-bond donors (Lipinski definition) is 1. The van der Waals surface area contributed by atoms with E-state index >= 15 is 0 Å². The van der Waals surface area contributed by atoms with Gasteiger partial charge in [0.15, 0.2) is 0 Å². The molecule has 6 nitrogen and oxygen atoms in total. The van der Waals surface area contributed by atoms with Crippen LogP contribution in [0.4, 0.5) is 0 Å². The van der Waals surface area contributed by atoms with Crippen LogP contribution < -0.4 is 5.56 Å².